The lowest BCUT2D eigenvalue weighted by molar-refractivity contribution is 0.602. The highest BCUT2D eigenvalue weighted by atomic mass is 32.2. The Morgan fingerprint density at radius 2 is 1.93 bits per heavy atom. The van der Waals surface area contributed by atoms with Crippen LogP contribution >= 0.6 is 11.8 Å². The van der Waals surface area contributed by atoms with Crippen LogP contribution in [0.5, 0.6) is 0 Å². The average molecular weight is 400 g/mol. The number of hydrogen-bond acceptors (Lipinski definition) is 7. The van der Waals surface area contributed by atoms with Crippen LogP contribution in [0.2, 0.25) is 0 Å². The minimum absolute atomic E-state index is 0.257. The number of aromatic amines is 1. The Morgan fingerprint density at radius 3 is 2.67 bits per heavy atom. The third-order valence-electron chi connectivity index (χ3n) is 4.00. The molecule has 2 aromatic carbocycles. The number of hydrogen-bond donors (Lipinski definition) is 1. The lowest BCUT2D eigenvalue weighted by Gasteiger charge is -2.05. The molecule has 0 bridgehead atoms. The molecule has 0 aliphatic rings. The van der Waals surface area contributed by atoms with Gasteiger partial charge in [0.05, 0.1) is 27.4 Å². The predicted molar refractivity (Wildman–Crippen MR) is 103 cm³/mol. The van der Waals surface area contributed by atoms with E-state index in [4.69, 9.17) is 0 Å². The molecular formula is C17H16N6O2S2. The zero-order valence-corrected chi connectivity index (χ0v) is 16.3. The molecule has 0 aliphatic heterocycles. The van der Waals surface area contributed by atoms with Crippen molar-refractivity contribution in [3.63, 3.8) is 0 Å². The third kappa shape index (κ3) is 3.71. The second-order valence-corrected chi connectivity index (χ2v) is 9.10. The fourth-order valence-electron chi connectivity index (χ4n) is 2.63. The summed E-state index contributed by atoms with van der Waals surface area (Å²) >= 11 is 1.50. The van der Waals surface area contributed by atoms with Crippen LogP contribution in [0.3, 0.4) is 0 Å². The minimum atomic E-state index is -3.24. The summed E-state index contributed by atoms with van der Waals surface area (Å²) in [6, 6.07) is 12.5. The van der Waals surface area contributed by atoms with E-state index in [0.717, 1.165) is 16.2 Å². The van der Waals surface area contributed by atoms with Crippen molar-refractivity contribution in [1.82, 2.24) is 30.2 Å². The van der Waals surface area contributed by atoms with Crippen LogP contribution in [0.4, 0.5) is 0 Å². The zero-order chi connectivity index (χ0) is 19.0. The Kier molecular flexibility index (Phi) is 4.44. The Balaban J connectivity index is 1.55. The van der Waals surface area contributed by atoms with Crippen molar-refractivity contribution >= 4 is 32.6 Å². The molecule has 1 N–H and O–H groups in total. The number of fused-ring (bicyclic) bond motifs is 1. The summed E-state index contributed by atoms with van der Waals surface area (Å²) in [5.74, 6) is 1.16. The van der Waals surface area contributed by atoms with Crippen LogP contribution in [0, 0.1) is 6.92 Å². The molecule has 2 heterocycles. The second-order valence-electron chi connectivity index (χ2n) is 6.12. The molecular weight excluding hydrogens is 384 g/mol. The highest BCUT2D eigenvalue weighted by molar-refractivity contribution is 7.98. The number of tetrazole rings is 1. The fraction of sp³-hybridized carbons (Fsp3) is 0.176. The summed E-state index contributed by atoms with van der Waals surface area (Å²) in [6.45, 7) is 2.04. The monoisotopic (exact) mass is 400 g/mol. The average Bonchev–Trinajstić information content (AvgIpc) is 3.25. The molecule has 138 valence electrons. The van der Waals surface area contributed by atoms with Crippen LogP contribution in [0.25, 0.3) is 16.7 Å². The van der Waals surface area contributed by atoms with E-state index < -0.39 is 9.84 Å². The van der Waals surface area contributed by atoms with Gasteiger partial charge in [-0.05, 0) is 59.3 Å². The summed E-state index contributed by atoms with van der Waals surface area (Å²) in [5, 5.41) is 12.6. The number of imidazole rings is 1. The molecule has 0 saturated carbocycles. The first-order chi connectivity index (χ1) is 12.9. The zero-order valence-electron chi connectivity index (χ0n) is 14.6. The first-order valence-electron chi connectivity index (χ1n) is 8.07. The molecule has 0 spiro atoms. The molecule has 27 heavy (non-hydrogen) atoms. The van der Waals surface area contributed by atoms with Gasteiger partial charge in [0.1, 0.15) is 0 Å². The Hall–Kier alpha value is -2.72. The van der Waals surface area contributed by atoms with Gasteiger partial charge >= 0.3 is 0 Å². The van der Waals surface area contributed by atoms with Crippen LogP contribution in [-0.2, 0) is 15.6 Å². The van der Waals surface area contributed by atoms with E-state index in [1.54, 1.807) is 28.9 Å². The van der Waals surface area contributed by atoms with Crippen molar-refractivity contribution in [2.24, 2.45) is 0 Å². The van der Waals surface area contributed by atoms with Gasteiger partial charge in [-0.15, -0.1) is 5.10 Å². The normalized spacial score (nSPS) is 11.9. The highest BCUT2D eigenvalue weighted by Crippen LogP contribution is 2.24. The molecule has 0 radical (unpaired) electrons. The number of sulfone groups is 1. The van der Waals surface area contributed by atoms with Gasteiger partial charge < -0.3 is 4.98 Å². The number of aryl methyl sites for hydroxylation is 1. The summed E-state index contributed by atoms with van der Waals surface area (Å²) in [7, 11) is -3.24. The van der Waals surface area contributed by atoms with Gasteiger partial charge in [0.2, 0.25) is 0 Å². The smallest absolute Gasteiger partial charge is 0.175 e. The van der Waals surface area contributed by atoms with E-state index in [-0.39, 0.29) is 4.90 Å². The van der Waals surface area contributed by atoms with Crippen molar-refractivity contribution in [2.45, 2.75) is 22.7 Å². The number of aromatic nitrogens is 6. The van der Waals surface area contributed by atoms with Crippen LogP contribution in [-0.4, -0.2) is 44.8 Å². The maximum Gasteiger partial charge on any atom is 0.175 e. The van der Waals surface area contributed by atoms with Gasteiger partial charge in [-0.2, -0.15) is 4.68 Å². The molecule has 10 heteroatoms. The summed E-state index contributed by atoms with van der Waals surface area (Å²) in [6.07, 6.45) is 1.18. The molecule has 0 aliphatic carbocycles. The van der Waals surface area contributed by atoms with E-state index in [0.29, 0.717) is 17.3 Å². The second kappa shape index (κ2) is 6.78. The molecule has 4 aromatic rings. The van der Waals surface area contributed by atoms with E-state index >= 15 is 0 Å². The quantitative estimate of drug-likeness (QED) is 0.513. The predicted octanol–water partition coefficient (Wildman–Crippen LogP) is 2.54. The van der Waals surface area contributed by atoms with Crippen molar-refractivity contribution in [1.29, 1.82) is 0 Å². The van der Waals surface area contributed by atoms with Gasteiger partial charge in [-0.3, -0.25) is 0 Å². The molecule has 8 nitrogen and oxygen atoms in total. The molecule has 0 fully saturated rings. The SMILES string of the molecule is Cc1ccc2nc(SCc3nnnn3-c3ccc(S(C)(=O)=O)cc3)[nH]c2c1. The number of H-pyrrole nitrogens is 1. The van der Waals surface area contributed by atoms with Gasteiger partial charge in [0, 0.05) is 6.26 Å². The standard InChI is InChI=1S/C17H16N6O2S2/c1-11-3-8-14-15(9-11)19-17(18-14)26-10-16-20-21-22-23(16)12-4-6-13(7-5-12)27(2,24)25/h3-9H,10H2,1-2H3,(H,18,19). The highest BCUT2D eigenvalue weighted by Gasteiger charge is 2.12. The van der Waals surface area contributed by atoms with E-state index in [1.807, 2.05) is 19.1 Å². The summed E-state index contributed by atoms with van der Waals surface area (Å²) < 4.78 is 24.8. The van der Waals surface area contributed by atoms with E-state index in [1.165, 1.54) is 23.6 Å². The Bertz CT molecular complexity index is 1210. The number of nitrogens with zero attached hydrogens (tertiary/aromatic N) is 5. The maximum atomic E-state index is 11.6. The molecule has 0 saturated heterocycles. The molecule has 0 atom stereocenters. The molecule has 0 unspecified atom stereocenters. The number of thioether (sulfide) groups is 1. The van der Waals surface area contributed by atoms with Gasteiger partial charge in [0.15, 0.2) is 20.8 Å². The van der Waals surface area contributed by atoms with E-state index in [2.05, 4.69) is 31.6 Å². The van der Waals surface area contributed by atoms with Crippen LogP contribution < -0.4 is 0 Å². The van der Waals surface area contributed by atoms with Crippen LogP contribution in [0.15, 0.2) is 52.5 Å². The number of benzene rings is 2. The fourth-order valence-corrected chi connectivity index (χ4v) is 4.05. The van der Waals surface area contributed by atoms with Gasteiger partial charge in [-0.25, -0.2) is 13.4 Å². The largest absolute Gasteiger partial charge is 0.333 e. The molecule has 4 rings (SSSR count). The summed E-state index contributed by atoms with van der Waals surface area (Å²) in [4.78, 5) is 8.10. The van der Waals surface area contributed by atoms with Crippen LogP contribution in [0.1, 0.15) is 11.4 Å². The first-order valence-corrected chi connectivity index (χ1v) is 10.9. The third-order valence-corrected chi connectivity index (χ3v) is 5.99. The number of nitrogens with one attached hydrogen (secondary N) is 1. The topological polar surface area (TPSA) is 106 Å². The Morgan fingerprint density at radius 1 is 1.15 bits per heavy atom. The van der Waals surface area contributed by atoms with Crippen molar-refractivity contribution in [3.8, 4) is 5.69 Å². The maximum absolute atomic E-state index is 11.6. The van der Waals surface area contributed by atoms with Gasteiger partial charge in [-0.1, -0.05) is 17.8 Å². The summed E-state index contributed by atoms with van der Waals surface area (Å²) in [5.41, 5.74) is 3.78. The minimum Gasteiger partial charge on any atom is -0.333 e. The lowest BCUT2D eigenvalue weighted by atomic mass is 10.2. The van der Waals surface area contributed by atoms with E-state index in [9.17, 15) is 8.42 Å². The van der Waals surface area contributed by atoms with Crippen molar-refractivity contribution in [3.05, 3.63) is 53.9 Å². The van der Waals surface area contributed by atoms with Gasteiger partial charge in [0.25, 0.3) is 0 Å². The first kappa shape index (κ1) is 17.7. The molecule has 2 aromatic heterocycles. The molecule has 0 amide bonds. The lowest BCUT2D eigenvalue weighted by Crippen LogP contribution is -2.03. The number of rotatable bonds is 5. The Labute approximate surface area is 159 Å². The van der Waals surface area contributed by atoms with Crippen molar-refractivity contribution in [2.75, 3.05) is 6.26 Å². The van der Waals surface area contributed by atoms with Crippen molar-refractivity contribution < 1.29 is 8.42 Å².